The Morgan fingerprint density at radius 2 is 1.77 bits per heavy atom. The van der Waals surface area contributed by atoms with E-state index in [2.05, 4.69) is 4.98 Å². The molecule has 2 aromatic carbocycles. The van der Waals surface area contributed by atoms with Crippen LogP contribution in [0.5, 0.6) is 0 Å². The van der Waals surface area contributed by atoms with Gasteiger partial charge in [0.25, 0.3) is 5.91 Å². The van der Waals surface area contributed by atoms with E-state index in [1.807, 2.05) is 42.7 Å². The second-order valence-electron chi connectivity index (χ2n) is 6.75. The van der Waals surface area contributed by atoms with Crippen molar-refractivity contribution in [3.05, 3.63) is 59.4 Å². The normalized spacial score (nSPS) is 17.7. The van der Waals surface area contributed by atoms with Gasteiger partial charge in [0.15, 0.2) is 0 Å². The maximum Gasteiger partial charge on any atom is 0.257 e. The lowest BCUT2D eigenvalue weighted by Crippen LogP contribution is -2.31. The first kappa shape index (κ1) is 16.8. The predicted octanol–water partition coefficient (Wildman–Crippen LogP) is 4.32. The largest absolute Gasteiger partial charge is 0.315 e. The molecule has 0 bridgehead atoms. The quantitative estimate of drug-likeness (QED) is 0.648. The van der Waals surface area contributed by atoms with Crippen molar-refractivity contribution in [1.29, 1.82) is 0 Å². The van der Waals surface area contributed by atoms with Crippen molar-refractivity contribution in [2.45, 2.75) is 32.2 Å². The van der Waals surface area contributed by atoms with Crippen LogP contribution in [0.25, 0.3) is 11.0 Å². The van der Waals surface area contributed by atoms with E-state index in [-0.39, 0.29) is 24.2 Å². The number of benzene rings is 2. The van der Waals surface area contributed by atoms with Crippen molar-refractivity contribution in [2.75, 3.05) is 4.90 Å². The van der Waals surface area contributed by atoms with Crippen molar-refractivity contribution in [3.8, 4) is 0 Å². The number of carbonyl (C=O) groups excluding carboxylic acids is 2. The predicted molar refractivity (Wildman–Crippen MR) is 101 cm³/mol. The molecule has 1 aliphatic heterocycles. The Kier molecular flexibility index (Phi) is 4.04. The van der Waals surface area contributed by atoms with E-state index in [9.17, 15) is 9.59 Å². The number of para-hydroxylation sites is 2. The molecule has 0 unspecified atom stereocenters. The minimum atomic E-state index is -0.581. The number of carbonyl (C=O) groups is 2. The van der Waals surface area contributed by atoms with Gasteiger partial charge in [-0.15, -0.1) is 0 Å². The smallest absolute Gasteiger partial charge is 0.257 e. The van der Waals surface area contributed by atoms with Crippen molar-refractivity contribution in [3.63, 3.8) is 0 Å². The molecule has 1 saturated heterocycles. The standard InChI is InChI=1S/C20H18ClN3O2/c1-12(2)19-22-15-5-3-4-6-16(15)24(19)17-11-18(25)23(20(17)26)14-9-7-13(21)8-10-14/h3-10,12,17H,11H2,1-2H3/t17-/m0/s1. The molecule has 3 aromatic rings. The number of imide groups is 1. The van der Waals surface area contributed by atoms with Crippen molar-refractivity contribution in [2.24, 2.45) is 0 Å². The fourth-order valence-electron chi connectivity index (χ4n) is 3.48. The summed E-state index contributed by atoms with van der Waals surface area (Å²) < 4.78 is 1.93. The van der Waals surface area contributed by atoms with Crippen molar-refractivity contribution < 1.29 is 9.59 Å². The van der Waals surface area contributed by atoms with Gasteiger partial charge in [-0.1, -0.05) is 37.6 Å². The van der Waals surface area contributed by atoms with Crippen LogP contribution in [0.3, 0.4) is 0 Å². The van der Waals surface area contributed by atoms with Crippen LogP contribution in [-0.4, -0.2) is 21.4 Å². The number of aromatic nitrogens is 2. The van der Waals surface area contributed by atoms with Gasteiger partial charge in [0.2, 0.25) is 5.91 Å². The molecule has 4 rings (SSSR count). The number of fused-ring (bicyclic) bond motifs is 1. The topological polar surface area (TPSA) is 55.2 Å². The minimum Gasteiger partial charge on any atom is -0.315 e. The van der Waals surface area contributed by atoms with E-state index in [1.165, 1.54) is 4.90 Å². The third kappa shape index (κ3) is 2.59. The van der Waals surface area contributed by atoms with Gasteiger partial charge >= 0.3 is 0 Å². The van der Waals surface area contributed by atoms with E-state index < -0.39 is 6.04 Å². The fraction of sp³-hybridized carbons (Fsp3) is 0.250. The van der Waals surface area contributed by atoms with Gasteiger partial charge in [-0.3, -0.25) is 9.59 Å². The molecule has 6 heteroatoms. The van der Waals surface area contributed by atoms with Gasteiger partial charge in [-0.05, 0) is 36.4 Å². The maximum absolute atomic E-state index is 13.1. The summed E-state index contributed by atoms with van der Waals surface area (Å²) in [4.78, 5) is 31.7. The number of anilines is 1. The van der Waals surface area contributed by atoms with Crippen LogP contribution in [0.1, 0.15) is 38.1 Å². The van der Waals surface area contributed by atoms with E-state index >= 15 is 0 Å². The molecule has 0 saturated carbocycles. The molecule has 0 N–H and O–H groups in total. The summed E-state index contributed by atoms with van der Waals surface area (Å²) in [5, 5.41) is 0.562. The van der Waals surface area contributed by atoms with Crippen LogP contribution in [0, 0.1) is 0 Å². The molecule has 132 valence electrons. The minimum absolute atomic E-state index is 0.127. The molecule has 2 heterocycles. The van der Waals surface area contributed by atoms with Crippen molar-refractivity contribution >= 4 is 40.1 Å². The summed E-state index contributed by atoms with van der Waals surface area (Å²) >= 11 is 5.92. The number of hydrogen-bond acceptors (Lipinski definition) is 3. The lowest BCUT2D eigenvalue weighted by atomic mass is 10.1. The Bertz CT molecular complexity index is 1010. The lowest BCUT2D eigenvalue weighted by molar-refractivity contribution is -0.122. The molecule has 2 amide bonds. The van der Waals surface area contributed by atoms with Crippen molar-refractivity contribution in [1.82, 2.24) is 9.55 Å². The number of hydrogen-bond donors (Lipinski definition) is 0. The third-order valence-electron chi connectivity index (χ3n) is 4.66. The molecule has 26 heavy (non-hydrogen) atoms. The zero-order valence-electron chi connectivity index (χ0n) is 14.5. The van der Waals surface area contributed by atoms with Gasteiger partial charge in [0, 0.05) is 10.9 Å². The Hall–Kier alpha value is -2.66. The van der Waals surface area contributed by atoms with E-state index in [4.69, 9.17) is 11.6 Å². The zero-order chi connectivity index (χ0) is 18.4. The van der Waals surface area contributed by atoms with E-state index in [0.29, 0.717) is 10.7 Å². The maximum atomic E-state index is 13.1. The monoisotopic (exact) mass is 367 g/mol. The molecular weight excluding hydrogens is 350 g/mol. The summed E-state index contributed by atoms with van der Waals surface area (Å²) in [7, 11) is 0. The van der Waals surface area contributed by atoms with Crippen LogP contribution in [0.4, 0.5) is 5.69 Å². The van der Waals surface area contributed by atoms with Crippen LogP contribution in [0.2, 0.25) is 5.02 Å². The second kappa shape index (κ2) is 6.25. The average Bonchev–Trinajstić information content (AvgIpc) is 3.13. The van der Waals surface area contributed by atoms with Gasteiger partial charge in [0.1, 0.15) is 11.9 Å². The average molecular weight is 368 g/mol. The molecule has 5 nitrogen and oxygen atoms in total. The van der Waals surface area contributed by atoms with Gasteiger partial charge in [-0.2, -0.15) is 0 Å². The summed E-state index contributed by atoms with van der Waals surface area (Å²) in [5.41, 5.74) is 2.25. The number of amides is 2. The summed E-state index contributed by atoms with van der Waals surface area (Å²) in [5.74, 6) is 0.502. The first-order valence-corrected chi connectivity index (χ1v) is 8.94. The highest BCUT2D eigenvalue weighted by molar-refractivity contribution is 6.30. The van der Waals surface area contributed by atoms with E-state index in [0.717, 1.165) is 16.9 Å². The molecule has 1 aliphatic rings. The number of halogens is 1. The lowest BCUT2D eigenvalue weighted by Gasteiger charge is -2.18. The Morgan fingerprint density at radius 3 is 2.46 bits per heavy atom. The highest BCUT2D eigenvalue weighted by Gasteiger charge is 2.42. The second-order valence-corrected chi connectivity index (χ2v) is 7.18. The first-order chi connectivity index (χ1) is 12.5. The highest BCUT2D eigenvalue weighted by atomic mass is 35.5. The van der Waals surface area contributed by atoms with Crippen LogP contribution < -0.4 is 4.90 Å². The summed E-state index contributed by atoms with van der Waals surface area (Å²) in [6.07, 6.45) is 0.127. The number of rotatable bonds is 3. The summed E-state index contributed by atoms with van der Waals surface area (Å²) in [6.45, 7) is 4.08. The molecule has 1 atom stereocenters. The molecular formula is C20H18ClN3O2. The zero-order valence-corrected chi connectivity index (χ0v) is 15.3. The Balaban J connectivity index is 1.81. The van der Waals surface area contributed by atoms with Crippen LogP contribution in [-0.2, 0) is 9.59 Å². The number of imidazole rings is 1. The fourth-order valence-corrected chi connectivity index (χ4v) is 3.60. The number of nitrogens with zero attached hydrogens (tertiary/aromatic N) is 3. The highest BCUT2D eigenvalue weighted by Crippen LogP contribution is 2.35. The van der Waals surface area contributed by atoms with Crippen LogP contribution in [0.15, 0.2) is 48.5 Å². The molecule has 0 radical (unpaired) electrons. The van der Waals surface area contributed by atoms with Gasteiger partial charge in [-0.25, -0.2) is 9.88 Å². The third-order valence-corrected chi connectivity index (χ3v) is 4.91. The molecule has 1 aromatic heterocycles. The Morgan fingerprint density at radius 1 is 1.08 bits per heavy atom. The molecule has 0 spiro atoms. The first-order valence-electron chi connectivity index (χ1n) is 8.56. The van der Waals surface area contributed by atoms with Gasteiger partial charge in [0.05, 0.1) is 23.1 Å². The van der Waals surface area contributed by atoms with Crippen LogP contribution >= 0.6 is 11.6 Å². The Labute approximate surface area is 156 Å². The van der Waals surface area contributed by atoms with Gasteiger partial charge < -0.3 is 4.57 Å². The molecule has 0 aliphatic carbocycles. The van der Waals surface area contributed by atoms with E-state index in [1.54, 1.807) is 24.3 Å². The molecule has 1 fully saturated rings. The summed E-state index contributed by atoms with van der Waals surface area (Å²) in [6, 6.07) is 13.9. The SMILES string of the molecule is CC(C)c1nc2ccccc2n1[C@H]1CC(=O)N(c2ccc(Cl)cc2)C1=O.